The van der Waals surface area contributed by atoms with Gasteiger partial charge in [-0.05, 0) is 71.2 Å². The van der Waals surface area contributed by atoms with Crippen LogP contribution in [0.25, 0.3) is 22.5 Å². The number of aryl methyl sites for hydroxylation is 2. The Morgan fingerprint density at radius 2 is 1.57 bits per heavy atom. The van der Waals surface area contributed by atoms with Crippen molar-refractivity contribution in [2.45, 2.75) is 20.5 Å². The number of ether oxygens (including phenoxy) is 1. The molecule has 0 aliphatic carbocycles. The molecule has 0 N–H and O–H groups in total. The Morgan fingerprint density at radius 3 is 2.20 bits per heavy atom. The molecule has 0 atom stereocenters. The number of benzene rings is 4. The smallest absolute Gasteiger partial charge is 0.238 e. The number of furan rings is 1. The number of nitriles is 1. The summed E-state index contributed by atoms with van der Waals surface area (Å²) in [7, 11) is 0. The molecule has 0 aliphatic rings. The predicted octanol–water partition coefficient (Wildman–Crippen LogP) is 10.5. The van der Waals surface area contributed by atoms with E-state index >= 15 is 0 Å². The maximum Gasteiger partial charge on any atom is 0.238 e. The van der Waals surface area contributed by atoms with Crippen LogP contribution in [0.15, 0.2) is 98.8 Å². The number of nitrogens with zero attached hydrogens (tertiary/aromatic N) is 2. The molecular weight excluding hydrogens is 607 g/mol. The fourth-order valence-electron chi connectivity index (χ4n) is 4.16. The highest BCUT2D eigenvalue weighted by Gasteiger charge is 2.22. The van der Waals surface area contributed by atoms with E-state index in [0.29, 0.717) is 33.7 Å². The molecular formula is C33H23BrCl2N2O2. The highest BCUT2D eigenvalue weighted by molar-refractivity contribution is 9.10. The van der Waals surface area contributed by atoms with Crippen LogP contribution in [0.5, 0.6) is 5.75 Å². The first-order chi connectivity index (χ1) is 19.3. The molecule has 1 aromatic heterocycles. The zero-order chi connectivity index (χ0) is 28.2. The molecule has 4 nitrogen and oxygen atoms in total. The van der Waals surface area contributed by atoms with Crippen LogP contribution in [0.4, 0.5) is 5.88 Å². The van der Waals surface area contributed by atoms with Gasteiger partial charge in [-0.1, -0.05) is 88.9 Å². The quantitative estimate of drug-likeness (QED) is 0.168. The van der Waals surface area contributed by atoms with Crippen LogP contribution in [-0.2, 0) is 6.61 Å². The van der Waals surface area contributed by atoms with E-state index in [4.69, 9.17) is 32.4 Å². The standard InChI is InChI=1S/C33H23BrCl2N2O2/c1-20-3-8-23(9-4-20)31-27(17-37)33(40-32(31)24-10-5-21(2)6-11-24)38-18-22-7-14-30(28(34)15-22)39-19-25-12-13-26(35)16-29(25)36/h3-16,18H,19H2,1-2H3. The monoisotopic (exact) mass is 628 g/mol. The number of halogens is 3. The third kappa shape index (κ3) is 6.16. The minimum absolute atomic E-state index is 0.252. The third-order valence-corrected chi connectivity index (χ3v) is 7.55. The average molecular weight is 630 g/mol. The van der Waals surface area contributed by atoms with E-state index in [1.165, 1.54) is 0 Å². The van der Waals surface area contributed by atoms with E-state index in [0.717, 1.165) is 43.4 Å². The van der Waals surface area contributed by atoms with Crippen LogP contribution in [0.2, 0.25) is 10.0 Å². The molecule has 5 aromatic rings. The van der Waals surface area contributed by atoms with Gasteiger partial charge in [0.05, 0.1) is 4.47 Å². The second-order valence-corrected chi connectivity index (χ2v) is 11.0. The summed E-state index contributed by atoms with van der Waals surface area (Å²) in [6.07, 6.45) is 1.67. The van der Waals surface area contributed by atoms with Crippen LogP contribution >= 0.6 is 39.1 Å². The molecule has 0 saturated carbocycles. The van der Waals surface area contributed by atoms with Gasteiger partial charge in [-0.2, -0.15) is 5.26 Å². The first-order valence-electron chi connectivity index (χ1n) is 12.4. The van der Waals surface area contributed by atoms with Gasteiger partial charge in [0.25, 0.3) is 0 Å². The number of hydrogen-bond acceptors (Lipinski definition) is 4. The minimum Gasteiger partial charge on any atom is -0.488 e. The molecule has 0 radical (unpaired) electrons. The zero-order valence-electron chi connectivity index (χ0n) is 21.7. The van der Waals surface area contributed by atoms with E-state index in [1.54, 1.807) is 18.3 Å². The summed E-state index contributed by atoms with van der Waals surface area (Å²) in [6.45, 7) is 4.36. The normalized spacial score (nSPS) is 11.1. The van der Waals surface area contributed by atoms with Gasteiger partial charge in [0, 0.05) is 33.0 Å². The van der Waals surface area contributed by atoms with E-state index in [9.17, 15) is 5.26 Å². The molecule has 0 fully saturated rings. The lowest BCUT2D eigenvalue weighted by Crippen LogP contribution is -1.97. The lowest BCUT2D eigenvalue weighted by molar-refractivity contribution is 0.304. The Kier molecular flexibility index (Phi) is 8.42. The molecule has 198 valence electrons. The summed E-state index contributed by atoms with van der Waals surface area (Å²) in [6, 6.07) is 29.3. The van der Waals surface area contributed by atoms with E-state index in [-0.39, 0.29) is 5.88 Å². The zero-order valence-corrected chi connectivity index (χ0v) is 24.8. The van der Waals surface area contributed by atoms with Crippen LogP contribution in [0.1, 0.15) is 27.8 Å². The molecule has 5 rings (SSSR count). The van der Waals surface area contributed by atoms with Gasteiger partial charge in [-0.15, -0.1) is 0 Å². The minimum atomic E-state index is 0.252. The van der Waals surface area contributed by atoms with Gasteiger partial charge in [-0.25, -0.2) is 4.99 Å². The largest absolute Gasteiger partial charge is 0.488 e. The van der Waals surface area contributed by atoms with Gasteiger partial charge in [-0.3, -0.25) is 0 Å². The molecule has 1 heterocycles. The average Bonchev–Trinajstić information content (AvgIpc) is 3.31. The molecule has 0 amide bonds. The summed E-state index contributed by atoms with van der Waals surface area (Å²) in [5.74, 6) is 1.52. The van der Waals surface area contributed by atoms with Crippen molar-refractivity contribution < 1.29 is 9.15 Å². The van der Waals surface area contributed by atoms with Gasteiger partial charge >= 0.3 is 0 Å². The van der Waals surface area contributed by atoms with Crippen molar-refractivity contribution in [1.82, 2.24) is 0 Å². The molecule has 0 spiro atoms. The van der Waals surface area contributed by atoms with Crippen molar-refractivity contribution in [3.05, 3.63) is 127 Å². The molecule has 4 aromatic carbocycles. The summed E-state index contributed by atoms with van der Waals surface area (Å²) >= 11 is 15.8. The topological polar surface area (TPSA) is 58.5 Å². The maximum atomic E-state index is 10.2. The lowest BCUT2D eigenvalue weighted by atomic mass is 9.97. The van der Waals surface area contributed by atoms with Crippen LogP contribution in [0.3, 0.4) is 0 Å². The van der Waals surface area contributed by atoms with Crippen molar-refractivity contribution in [2.75, 3.05) is 0 Å². The van der Waals surface area contributed by atoms with Gasteiger partial charge in [0.2, 0.25) is 5.88 Å². The molecule has 0 unspecified atom stereocenters. The Balaban J connectivity index is 1.45. The van der Waals surface area contributed by atoms with Crippen LogP contribution < -0.4 is 4.74 Å². The van der Waals surface area contributed by atoms with E-state index in [1.807, 2.05) is 86.6 Å². The van der Waals surface area contributed by atoms with Gasteiger partial charge in [0.15, 0.2) is 0 Å². The molecule has 0 aliphatic heterocycles. The molecule has 0 saturated heterocycles. The SMILES string of the molecule is Cc1ccc(-c2oc(N=Cc3ccc(OCc4ccc(Cl)cc4Cl)c(Br)c3)c(C#N)c2-c2ccc(C)cc2)cc1. The van der Waals surface area contributed by atoms with Gasteiger partial charge in [0.1, 0.15) is 29.7 Å². The van der Waals surface area contributed by atoms with E-state index in [2.05, 4.69) is 27.0 Å². The first kappa shape index (κ1) is 27.7. The van der Waals surface area contributed by atoms with Crippen LogP contribution in [-0.4, -0.2) is 6.21 Å². The lowest BCUT2D eigenvalue weighted by Gasteiger charge is -2.10. The fraction of sp³-hybridized carbons (Fsp3) is 0.0909. The highest BCUT2D eigenvalue weighted by atomic mass is 79.9. The number of hydrogen-bond donors (Lipinski definition) is 0. The Bertz CT molecular complexity index is 1750. The highest BCUT2D eigenvalue weighted by Crippen LogP contribution is 2.42. The Morgan fingerprint density at radius 1 is 0.900 bits per heavy atom. The summed E-state index contributed by atoms with van der Waals surface area (Å²) in [5.41, 5.74) is 6.79. The fourth-order valence-corrected chi connectivity index (χ4v) is 5.13. The van der Waals surface area contributed by atoms with Crippen molar-refractivity contribution in [3.63, 3.8) is 0 Å². The van der Waals surface area contributed by atoms with Crippen molar-refractivity contribution in [3.8, 4) is 34.3 Å². The van der Waals surface area contributed by atoms with Crippen molar-refractivity contribution in [1.29, 1.82) is 5.26 Å². The molecule has 40 heavy (non-hydrogen) atoms. The second-order valence-electron chi connectivity index (χ2n) is 9.30. The van der Waals surface area contributed by atoms with Crippen LogP contribution in [0, 0.1) is 25.2 Å². The number of rotatable bonds is 7. The summed E-state index contributed by atoms with van der Waals surface area (Å²) in [5, 5.41) is 11.3. The second kappa shape index (κ2) is 12.1. The predicted molar refractivity (Wildman–Crippen MR) is 166 cm³/mol. The Hall–Kier alpha value is -3.82. The Labute approximate surface area is 251 Å². The summed E-state index contributed by atoms with van der Waals surface area (Å²) in [4.78, 5) is 4.59. The third-order valence-electron chi connectivity index (χ3n) is 6.34. The maximum absolute atomic E-state index is 10.2. The molecule has 7 heteroatoms. The van der Waals surface area contributed by atoms with E-state index < -0.39 is 0 Å². The molecule has 0 bridgehead atoms. The van der Waals surface area contributed by atoms with Gasteiger partial charge < -0.3 is 9.15 Å². The summed E-state index contributed by atoms with van der Waals surface area (Å²) < 4.78 is 13.0. The number of aliphatic imine (C=N–C) groups is 1. The first-order valence-corrected chi connectivity index (χ1v) is 14.0. The van der Waals surface area contributed by atoms with Crippen molar-refractivity contribution in [2.24, 2.45) is 4.99 Å². The van der Waals surface area contributed by atoms with Crippen molar-refractivity contribution >= 4 is 51.2 Å².